The van der Waals surface area contributed by atoms with Gasteiger partial charge in [0.2, 0.25) is 0 Å². The van der Waals surface area contributed by atoms with E-state index in [9.17, 15) is 19.8 Å². The number of allylic oxidation sites excluding steroid dienone is 1. The molecular formula is C28H38FNO7. The van der Waals surface area contributed by atoms with Gasteiger partial charge in [-0.15, -0.1) is 6.58 Å². The maximum Gasteiger partial charge on any atom is 0.309 e. The van der Waals surface area contributed by atoms with Crippen LogP contribution >= 0.6 is 0 Å². The van der Waals surface area contributed by atoms with E-state index in [4.69, 9.17) is 14.2 Å². The van der Waals surface area contributed by atoms with Gasteiger partial charge in [-0.05, 0) is 38.5 Å². The topological polar surface area (TPSA) is 118 Å². The summed E-state index contributed by atoms with van der Waals surface area (Å²) in [6.45, 7) is 10.5. The Bertz CT molecular complexity index is 998. The van der Waals surface area contributed by atoms with Gasteiger partial charge in [0.15, 0.2) is 6.10 Å². The maximum absolute atomic E-state index is 15.3. The number of epoxide rings is 1. The number of pyridine rings is 1. The summed E-state index contributed by atoms with van der Waals surface area (Å²) in [6, 6.07) is 5.04. The molecule has 1 aromatic rings. The van der Waals surface area contributed by atoms with Crippen LogP contribution in [0, 0.1) is 11.3 Å². The summed E-state index contributed by atoms with van der Waals surface area (Å²) in [4.78, 5) is 30.4. The molecule has 9 heteroatoms. The first kappa shape index (κ1) is 29.1. The number of esters is 1. The number of carbonyl (C=O) groups is 2. The Morgan fingerprint density at radius 3 is 2.65 bits per heavy atom. The molecule has 3 rings (SSSR count). The second-order valence-corrected chi connectivity index (χ2v) is 10.7. The molecule has 0 unspecified atom stereocenters. The normalized spacial score (nSPS) is 35.8. The van der Waals surface area contributed by atoms with E-state index in [2.05, 4.69) is 11.6 Å². The minimum Gasteiger partial charge on any atom is -0.455 e. The van der Waals surface area contributed by atoms with E-state index in [1.165, 1.54) is 32.2 Å². The molecule has 2 aliphatic rings. The summed E-state index contributed by atoms with van der Waals surface area (Å²) in [6.07, 6.45) is -0.467. The summed E-state index contributed by atoms with van der Waals surface area (Å²) < 4.78 is 32.5. The van der Waals surface area contributed by atoms with Crippen molar-refractivity contribution >= 4 is 17.8 Å². The number of cyclic esters (lactones) is 1. The van der Waals surface area contributed by atoms with Crippen molar-refractivity contribution in [2.24, 2.45) is 11.3 Å². The van der Waals surface area contributed by atoms with Crippen molar-refractivity contribution in [3.63, 3.8) is 0 Å². The van der Waals surface area contributed by atoms with Crippen LogP contribution < -0.4 is 0 Å². The number of rotatable bonds is 4. The number of ketones is 1. The second kappa shape index (κ2) is 11.9. The fourth-order valence-corrected chi connectivity index (χ4v) is 4.63. The van der Waals surface area contributed by atoms with E-state index in [-0.39, 0.29) is 25.6 Å². The van der Waals surface area contributed by atoms with Crippen LogP contribution in [0.3, 0.4) is 0 Å². The molecule has 204 valence electrons. The lowest BCUT2D eigenvalue weighted by atomic mass is 9.72. The second-order valence-electron chi connectivity index (χ2n) is 10.7. The van der Waals surface area contributed by atoms with Gasteiger partial charge in [0.25, 0.3) is 0 Å². The Hall–Kier alpha value is -2.46. The lowest BCUT2D eigenvalue weighted by molar-refractivity contribution is -0.156. The molecule has 0 spiro atoms. The van der Waals surface area contributed by atoms with Crippen LogP contribution in [0.5, 0.6) is 0 Å². The van der Waals surface area contributed by atoms with Gasteiger partial charge in [0.1, 0.15) is 11.6 Å². The number of hydrogen-bond donors (Lipinski definition) is 2. The van der Waals surface area contributed by atoms with E-state index < -0.39 is 65.4 Å². The zero-order valence-corrected chi connectivity index (χ0v) is 21.9. The average molecular weight is 520 g/mol. The largest absolute Gasteiger partial charge is 0.455 e. The molecule has 8 nitrogen and oxygen atoms in total. The summed E-state index contributed by atoms with van der Waals surface area (Å²) in [7, 11) is 0. The molecule has 3 heterocycles. The van der Waals surface area contributed by atoms with Crippen LogP contribution in [0.15, 0.2) is 42.9 Å². The Morgan fingerprint density at radius 1 is 1.27 bits per heavy atom. The molecule has 37 heavy (non-hydrogen) atoms. The van der Waals surface area contributed by atoms with Crippen molar-refractivity contribution < 1.29 is 38.4 Å². The SMILES string of the molecule is C=CC[C@H]1C(=O)C(C)(C)[C@@H](O)CC(=O)O[C@H](C(F)=Cc2ccccn2)C[C@@H]2O[C@]2(C)CCO[C@H](C)[C@H]1O. The van der Waals surface area contributed by atoms with Crippen LogP contribution in [-0.2, 0) is 23.8 Å². The van der Waals surface area contributed by atoms with Crippen LogP contribution in [0.1, 0.15) is 59.1 Å². The van der Waals surface area contributed by atoms with Gasteiger partial charge in [-0.1, -0.05) is 26.0 Å². The van der Waals surface area contributed by atoms with Gasteiger partial charge in [-0.25, -0.2) is 4.39 Å². The van der Waals surface area contributed by atoms with Crippen molar-refractivity contribution in [3.05, 3.63) is 48.6 Å². The molecular weight excluding hydrogens is 481 g/mol. The number of aliphatic hydroxyl groups excluding tert-OH is 2. The van der Waals surface area contributed by atoms with Gasteiger partial charge < -0.3 is 24.4 Å². The highest BCUT2D eigenvalue weighted by molar-refractivity contribution is 5.88. The van der Waals surface area contributed by atoms with Crippen molar-refractivity contribution in [1.29, 1.82) is 0 Å². The van der Waals surface area contributed by atoms with Crippen LogP contribution in [-0.4, -0.2) is 69.7 Å². The summed E-state index contributed by atoms with van der Waals surface area (Å²) in [5.74, 6) is -2.88. The molecule has 2 fully saturated rings. The van der Waals surface area contributed by atoms with E-state index in [0.29, 0.717) is 12.1 Å². The number of hydrogen-bond acceptors (Lipinski definition) is 8. The Morgan fingerprint density at radius 2 is 2.00 bits per heavy atom. The molecule has 0 aromatic carbocycles. The number of Topliss-reactive ketones (excluding diaryl/α,β-unsaturated/α-hetero) is 1. The molecule has 0 amide bonds. The first-order valence-corrected chi connectivity index (χ1v) is 12.7. The lowest BCUT2D eigenvalue weighted by Gasteiger charge is -2.35. The summed E-state index contributed by atoms with van der Waals surface area (Å²) in [5.41, 5.74) is -1.65. The third-order valence-electron chi connectivity index (χ3n) is 7.48. The molecule has 7 atom stereocenters. The molecule has 0 radical (unpaired) electrons. The maximum atomic E-state index is 15.3. The zero-order chi connectivity index (χ0) is 27.4. The van der Waals surface area contributed by atoms with Gasteiger partial charge in [-0.3, -0.25) is 14.6 Å². The molecule has 0 saturated carbocycles. The molecule has 0 aliphatic carbocycles. The highest BCUT2D eigenvalue weighted by Gasteiger charge is 2.53. The number of fused-ring (bicyclic) bond motifs is 1. The monoisotopic (exact) mass is 519 g/mol. The Balaban J connectivity index is 1.89. The van der Waals surface area contributed by atoms with Crippen LogP contribution in [0.25, 0.3) is 6.08 Å². The minimum absolute atomic E-state index is 0.0649. The van der Waals surface area contributed by atoms with E-state index in [1.807, 2.05) is 6.92 Å². The lowest BCUT2D eigenvalue weighted by Crippen LogP contribution is -2.48. The van der Waals surface area contributed by atoms with Crippen LogP contribution in [0.4, 0.5) is 4.39 Å². The number of carbonyl (C=O) groups excluding carboxylic acids is 2. The first-order valence-electron chi connectivity index (χ1n) is 12.7. The predicted molar refractivity (Wildman–Crippen MR) is 135 cm³/mol. The van der Waals surface area contributed by atoms with E-state index in [1.54, 1.807) is 25.1 Å². The third-order valence-corrected chi connectivity index (χ3v) is 7.48. The fraction of sp³-hybridized carbons (Fsp3) is 0.607. The summed E-state index contributed by atoms with van der Waals surface area (Å²) >= 11 is 0. The number of ether oxygens (including phenoxy) is 3. The third kappa shape index (κ3) is 7.10. The number of halogens is 1. The number of aromatic nitrogens is 1. The van der Waals surface area contributed by atoms with Crippen molar-refractivity contribution in [3.8, 4) is 0 Å². The number of aliphatic hydroxyl groups is 2. The zero-order valence-electron chi connectivity index (χ0n) is 21.9. The highest BCUT2D eigenvalue weighted by Crippen LogP contribution is 2.44. The van der Waals surface area contributed by atoms with E-state index in [0.717, 1.165) is 0 Å². The fourth-order valence-electron chi connectivity index (χ4n) is 4.63. The summed E-state index contributed by atoms with van der Waals surface area (Å²) in [5, 5.41) is 21.8. The first-order chi connectivity index (χ1) is 17.4. The Kier molecular flexibility index (Phi) is 9.39. The number of nitrogens with zero attached hydrogens (tertiary/aromatic N) is 1. The van der Waals surface area contributed by atoms with Crippen molar-refractivity contribution in [1.82, 2.24) is 4.98 Å². The molecule has 1 aromatic heterocycles. The van der Waals surface area contributed by atoms with Crippen LogP contribution in [0.2, 0.25) is 0 Å². The van der Waals surface area contributed by atoms with E-state index >= 15 is 4.39 Å². The highest BCUT2D eigenvalue weighted by atomic mass is 19.1. The van der Waals surface area contributed by atoms with Crippen molar-refractivity contribution in [2.75, 3.05) is 6.61 Å². The van der Waals surface area contributed by atoms with Gasteiger partial charge in [0.05, 0.1) is 53.5 Å². The Labute approximate surface area is 217 Å². The molecule has 2 saturated heterocycles. The van der Waals surface area contributed by atoms with Gasteiger partial charge in [-0.2, -0.15) is 0 Å². The quantitative estimate of drug-likeness (QED) is 0.352. The molecule has 0 bridgehead atoms. The van der Waals surface area contributed by atoms with Gasteiger partial charge in [0, 0.05) is 25.6 Å². The van der Waals surface area contributed by atoms with Gasteiger partial charge >= 0.3 is 5.97 Å². The average Bonchev–Trinajstić information content (AvgIpc) is 3.49. The smallest absolute Gasteiger partial charge is 0.309 e. The minimum atomic E-state index is -1.43. The standard InChI is InChI=1S/C28H38FNO7/c1-6-9-19-25(33)17(2)35-13-11-28(5)23(37-28)15-21(20(29)14-18-10-7-8-12-30-18)36-24(32)16-22(31)27(3,4)26(19)34/h6-8,10,12,14,17,19,21-23,25,31,33H,1,9,11,13,15-16H2,2-5H3/t17-,19-,21+,22+,23+,25-,28-/m1/s1. The van der Waals surface area contributed by atoms with Crippen molar-refractivity contribution in [2.45, 2.75) is 89.5 Å². The predicted octanol–water partition coefficient (Wildman–Crippen LogP) is 3.56. The molecule has 2 aliphatic heterocycles. The molecule has 2 N–H and O–H groups in total.